The molecule has 0 unspecified atom stereocenters. The van der Waals surface area contributed by atoms with Crippen molar-refractivity contribution >= 4 is 24.5 Å². The topological polar surface area (TPSA) is 119 Å². The van der Waals surface area contributed by atoms with E-state index >= 15 is 0 Å². The second-order valence-electron chi connectivity index (χ2n) is 5.68. The number of para-hydroxylation sites is 1. The van der Waals surface area contributed by atoms with Crippen LogP contribution in [0.15, 0.2) is 30.3 Å². The summed E-state index contributed by atoms with van der Waals surface area (Å²) in [7, 11) is 0. The van der Waals surface area contributed by atoms with Gasteiger partial charge in [0.25, 0.3) is 12.9 Å². The summed E-state index contributed by atoms with van der Waals surface area (Å²) in [5.74, 6) is 0.282. The zero-order chi connectivity index (χ0) is 18.5. The number of benzene rings is 1. The molecule has 3 rings (SSSR count). The molecule has 8 nitrogen and oxygen atoms in total. The molecule has 0 radical (unpaired) electrons. The number of carbonyl (C=O) groups excluding carboxylic acids is 1. The average Bonchev–Trinajstić information content (AvgIpc) is 2.56. The first-order chi connectivity index (χ1) is 12.1. The molecule has 0 atom stereocenters. The Morgan fingerprint density at radius 3 is 2.04 bits per heavy atom. The number of nitrogens with zero attached hydrogens (tertiary/aromatic N) is 1. The van der Waals surface area contributed by atoms with E-state index in [0.717, 1.165) is 51.1 Å². The van der Waals surface area contributed by atoms with E-state index in [4.69, 9.17) is 19.8 Å². The van der Waals surface area contributed by atoms with Gasteiger partial charge >= 0.3 is 0 Å². The number of carboxylic acid groups (broad SMARTS) is 2. The highest BCUT2D eigenvalue weighted by Crippen LogP contribution is 2.28. The van der Waals surface area contributed by atoms with Crippen LogP contribution in [0.25, 0.3) is 0 Å². The van der Waals surface area contributed by atoms with Crippen LogP contribution in [0.2, 0.25) is 0 Å². The van der Waals surface area contributed by atoms with Crippen LogP contribution in [-0.2, 0) is 14.4 Å². The molecule has 0 aromatic heterocycles. The van der Waals surface area contributed by atoms with Crippen LogP contribution >= 0.6 is 0 Å². The minimum Gasteiger partial charge on any atom is -0.483 e. The van der Waals surface area contributed by atoms with Gasteiger partial charge in [-0.15, -0.1) is 0 Å². The molecule has 138 valence electrons. The fraction of sp³-hybridized carbons (Fsp3) is 0.471. The Bertz CT molecular complexity index is 522. The number of likely N-dealkylation sites (tertiary alicyclic amines) is 1. The number of carbonyl (C=O) groups is 3. The minimum absolute atomic E-state index is 0.250. The molecule has 2 fully saturated rings. The molecule has 1 amide bonds. The smallest absolute Gasteiger partial charge is 0.290 e. The molecule has 0 spiro atoms. The summed E-state index contributed by atoms with van der Waals surface area (Å²) in [4.78, 5) is 31.5. The average molecular weight is 351 g/mol. The van der Waals surface area contributed by atoms with E-state index in [1.807, 2.05) is 35.2 Å². The van der Waals surface area contributed by atoms with Crippen molar-refractivity contribution in [2.24, 2.45) is 0 Å². The minimum atomic E-state index is -0.410. The Kier molecular flexibility index (Phi) is 9.02. The van der Waals surface area contributed by atoms with Gasteiger partial charge in [-0.1, -0.05) is 18.2 Å². The monoisotopic (exact) mass is 351 g/mol. The fourth-order valence-electron chi connectivity index (χ4n) is 2.87. The predicted molar refractivity (Wildman–Crippen MR) is 93.5 cm³/mol. The van der Waals surface area contributed by atoms with Crippen LogP contribution in [-0.4, -0.2) is 65.7 Å². The summed E-state index contributed by atoms with van der Waals surface area (Å²) in [5.41, 5.74) is 0.630. The zero-order valence-electron chi connectivity index (χ0n) is 14.1. The number of anilines is 1. The third-order valence-electron chi connectivity index (χ3n) is 4.17. The molecule has 25 heavy (non-hydrogen) atoms. The normalized spacial score (nSPS) is 17.4. The summed E-state index contributed by atoms with van der Waals surface area (Å²) in [6, 6.07) is 10.1. The van der Waals surface area contributed by atoms with E-state index in [0.29, 0.717) is 0 Å². The lowest BCUT2D eigenvalue weighted by atomic mass is 9.85. The molecular weight excluding hydrogens is 326 g/mol. The Balaban J connectivity index is 0.000000460. The first kappa shape index (κ1) is 20.4. The van der Waals surface area contributed by atoms with Crippen molar-refractivity contribution in [2.45, 2.75) is 24.8 Å². The maximum Gasteiger partial charge on any atom is 0.290 e. The van der Waals surface area contributed by atoms with Gasteiger partial charge in [-0.05, 0) is 44.5 Å². The van der Waals surface area contributed by atoms with Gasteiger partial charge in [0.05, 0.1) is 0 Å². The van der Waals surface area contributed by atoms with Gasteiger partial charge in [0, 0.05) is 18.8 Å². The molecule has 0 aliphatic carbocycles. The van der Waals surface area contributed by atoms with Gasteiger partial charge in [0.1, 0.15) is 5.54 Å². The van der Waals surface area contributed by atoms with Crippen molar-refractivity contribution in [1.29, 1.82) is 0 Å². The second-order valence-corrected chi connectivity index (χ2v) is 5.68. The number of hydrogen-bond donors (Lipinski definition) is 4. The Morgan fingerprint density at radius 2 is 1.60 bits per heavy atom. The van der Waals surface area contributed by atoms with Crippen molar-refractivity contribution in [1.82, 2.24) is 10.2 Å². The van der Waals surface area contributed by atoms with Crippen LogP contribution in [0.4, 0.5) is 5.69 Å². The summed E-state index contributed by atoms with van der Waals surface area (Å²) >= 11 is 0. The second kappa shape index (κ2) is 11.0. The van der Waals surface area contributed by atoms with Gasteiger partial charge in [0.2, 0.25) is 5.91 Å². The molecule has 2 aliphatic rings. The standard InChI is InChI=1S/C15H21N3O.2CH2O2/c19-14(18-11-4-12-18)15(7-9-16-10-8-15)17-13-5-2-1-3-6-13;2*2-1-3/h1-3,5-6,16-17H,4,7-12H2;2*1H,(H,2,3). The van der Waals surface area contributed by atoms with Crippen LogP contribution in [0.1, 0.15) is 19.3 Å². The first-order valence-corrected chi connectivity index (χ1v) is 8.12. The van der Waals surface area contributed by atoms with Crippen molar-refractivity contribution in [3.63, 3.8) is 0 Å². The van der Waals surface area contributed by atoms with Gasteiger partial charge in [-0.25, -0.2) is 0 Å². The van der Waals surface area contributed by atoms with Crippen LogP contribution in [0.3, 0.4) is 0 Å². The maximum absolute atomic E-state index is 12.7. The van der Waals surface area contributed by atoms with Crippen molar-refractivity contribution in [3.05, 3.63) is 30.3 Å². The quantitative estimate of drug-likeness (QED) is 0.596. The molecule has 1 aromatic carbocycles. The lowest BCUT2D eigenvalue weighted by Crippen LogP contribution is -2.61. The first-order valence-electron chi connectivity index (χ1n) is 8.12. The summed E-state index contributed by atoms with van der Waals surface area (Å²) in [6.07, 6.45) is 2.86. The van der Waals surface area contributed by atoms with Crippen LogP contribution in [0, 0.1) is 0 Å². The summed E-state index contributed by atoms with van der Waals surface area (Å²) in [5, 5.41) is 20.6. The van der Waals surface area contributed by atoms with E-state index in [2.05, 4.69) is 10.6 Å². The Morgan fingerprint density at radius 1 is 1.08 bits per heavy atom. The third kappa shape index (κ3) is 6.07. The summed E-state index contributed by atoms with van der Waals surface area (Å²) in [6.45, 7) is 3.15. The molecule has 0 bridgehead atoms. The Labute approximate surface area is 146 Å². The van der Waals surface area contributed by atoms with Crippen molar-refractivity contribution in [3.8, 4) is 0 Å². The fourth-order valence-corrected chi connectivity index (χ4v) is 2.87. The van der Waals surface area contributed by atoms with E-state index in [1.165, 1.54) is 0 Å². The van der Waals surface area contributed by atoms with Gasteiger partial charge < -0.3 is 25.7 Å². The highest BCUT2D eigenvalue weighted by atomic mass is 16.3. The van der Waals surface area contributed by atoms with Gasteiger partial charge in [-0.3, -0.25) is 14.4 Å². The molecule has 2 heterocycles. The number of nitrogens with one attached hydrogen (secondary N) is 2. The van der Waals surface area contributed by atoms with E-state index in [1.54, 1.807) is 0 Å². The van der Waals surface area contributed by atoms with Crippen molar-refractivity contribution < 1.29 is 24.6 Å². The molecule has 4 N–H and O–H groups in total. The largest absolute Gasteiger partial charge is 0.483 e. The van der Waals surface area contributed by atoms with E-state index in [9.17, 15) is 4.79 Å². The number of hydrogen-bond acceptors (Lipinski definition) is 5. The van der Waals surface area contributed by atoms with Gasteiger partial charge in [-0.2, -0.15) is 0 Å². The van der Waals surface area contributed by atoms with E-state index < -0.39 is 5.54 Å². The highest BCUT2D eigenvalue weighted by Gasteiger charge is 2.43. The molecular formula is C17H25N3O5. The molecule has 2 saturated heterocycles. The van der Waals surface area contributed by atoms with Crippen LogP contribution in [0.5, 0.6) is 0 Å². The molecule has 0 saturated carbocycles. The maximum atomic E-state index is 12.7. The highest BCUT2D eigenvalue weighted by molar-refractivity contribution is 5.90. The lowest BCUT2D eigenvalue weighted by molar-refractivity contribution is -0.140. The third-order valence-corrected chi connectivity index (χ3v) is 4.17. The molecule has 8 heteroatoms. The number of piperidine rings is 1. The zero-order valence-corrected chi connectivity index (χ0v) is 14.1. The predicted octanol–water partition coefficient (Wildman–Crippen LogP) is 0.855. The van der Waals surface area contributed by atoms with E-state index in [-0.39, 0.29) is 18.9 Å². The molecule has 1 aromatic rings. The lowest BCUT2D eigenvalue weighted by Gasteiger charge is -2.44. The van der Waals surface area contributed by atoms with Crippen molar-refractivity contribution in [2.75, 3.05) is 31.5 Å². The number of rotatable bonds is 3. The van der Waals surface area contributed by atoms with Crippen LogP contribution < -0.4 is 10.6 Å². The molecule has 2 aliphatic heterocycles. The summed E-state index contributed by atoms with van der Waals surface area (Å²) < 4.78 is 0. The Hall–Kier alpha value is -2.61. The SMILES string of the molecule is O=C(N1CCC1)C1(Nc2ccccc2)CCNCC1.O=CO.O=CO. The van der Waals surface area contributed by atoms with Gasteiger partial charge in [0.15, 0.2) is 0 Å². The number of amides is 1.